The summed E-state index contributed by atoms with van der Waals surface area (Å²) in [5, 5.41) is 2.91. The van der Waals surface area contributed by atoms with Gasteiger partial charge in [-0.05, 0) is 66.8 Å². The van der Waals surface area contributed by atoms with Crippen molar-refractivity contribution in [3.63, 3.8) is 0 Å². The second-order valence-corrected chi connectivity index (χ2v) is 12.7. The largest absolute Gasteiger partial charge is 0.496 e. The van der Waals surface area contributed by atoms with Gasteiger partial charge in [-0.3, -0.25) is 9.59 Å². The predicted octanol–water partition coefficient (Wildman–Crippen LogP) is 4.39. The molecule has 1 aliphatic heterocycles. The van der Waals surface area contributed by atoms with E-state index in [0.29, 0.717) is 42.1 Å². The van der Waals surface area contributed by atoms with Crippen LogP contribution in [0.25, 0.3) is 0 Å². The smallest absolute Gasteiger partial charge is 0.262 e. The zero-order valence-corrected chi connectivity index (χ0v) is 26.2. The number of methoxy groups -OCH3 is 1. The summed E-state index contributed by atoms with van der Waals surface area (Å²) >= 11 is 0. The van der Waals surface area contributed by atoms with Crippen LogP contribution in [0.2, 0.25) is 0 Å². The van der Waals surface area contributed by atoms with Crippen LogP contribution in [0.1, 0.15) is 16.7 Å². The molecule has 0 fully saturated rings. The average molecular weight is 628 g/mol. The summed E-state index contributed by atoms with van der Waals surface area (Å²) in [7, 11) is -2.55. The first kappa shape index (κ1) is 31.7. The molecule has 0 saturated heterocycles. The van der Waals surface area contributed by atoms with Crippen molar-refractivity contribution in [2.24, 2.45) is 0 Å². The van der Waals surface area contributed by atoms with Crippen LogP contribution in [0.15, 0.2) is 108 Å². The minimum absolute atomic E-state index is 0.0543. The van der Waals surface area contributed by atoms with Crippen molar-refractivity contribution in [1.82, 2.24) is 9.62 Å². The lowest BCUT2D eigenvalue weighted by Gasteiger charge is -2.35. The lowest BCUT2D eigenvalue weighted by molar-refractivity contribution is -0.128. The van der Waals surface area contributed by atoms with Crippen LogP contribution in [0, 0.1) is 6.92 Å². The van der Waals surface area contributed by atoms with Crippen LogP contribution in [-0.2, 0) is 32.5 Å². The summed E-state index contributed by atoms with van der Waals surface area (Å²) in [4.78, 5) is 28.7. The van der Waals surface area contributed by atoms with Crippen molar-refractivity contribution >= 4 is 27.5 Å². The number of sulfonamides is 1. The summed E-state index contributed by atoms with van der Waals surface area (Å²) in [6, 6.07) is 30.9. The number of amides is 2. The number of anilines is 1. The van der Waals surface area contributed by atoms with Gasteiger partial charge in [0.25, 0.3) is 5.91 Å². The lowest BCUT2D eigenvalue weighted by atomic mass is 10.1. The fraction of sp³-hybridized carbons (Fsp3) is 0.257. The Labute approximate surface area is 264 Å². The molecule has 4 aromatic rings. The number of ether oxygens (including phenoxy) is 2. The Morgan fingerprint density at radius 2 is 1.56 bits per heavy atom. The number of fused-ring (bicyclic) bond motifs is 1. The van der Waals surface area contributed by atoms with Gasteiger partial charge in [-0.2, -0.15) is 4.31 Å². The fourth-order valence-corrected chi connectivity index (χ4v) is 6.75. The van der Waals surface area contributed by atoms with Gasteiger partial charge in [0.1, 0.15) is 11.5 Å². The Balaban J connectivity index is 1.37. The van der Waals surface area contributed by atoms with Crippen molar-refractivity contribution in [1.29, 1.82) is 0 Å². The van der Waals surface area contributed by atoms with Crippen LogP contribution in [-0.4, -0.2) is 63.9 Å². The third kappa shape index (κ3) is 7.71. The van der Waals surface area contributed by atoms with Crippen LogP contribution < -0.4 is 19.7 Å². The molecule has 2 amide bonds. The van der Waals surface area contributed by atoms with Crippen molar-refractivity contribution in [3.8, 4) is 11.5 Å². The molecule has 1 heterocycles. The Bertz CT molecular complexity index is 1730. The van der Waals surface area contributed by atoms with E-state index in [1.54, 1.807) is 43.3 Å². The Morgan fingerprint density at radius 1 is 0.911 bits per heavy atom. The molecular formula is C35H37N3O6S. The zero-order chi connectivity index (χ0) is 31.8. The van der Waals surface area contributed by atoms with Gasteiger partial charge in [0.15, 0.2) is 6.10 Å². The molecule has 234 valence electrons. The minimum atomic E-state index is -4.08. The number of benzene rings is 4. The van der Waals surface area contributed by atoms with Gasteiger partial charge < -0.3 is 19.7 Å². The molecule has 1 atom stereocenters. The Kier molecular flexibility index (Phi) is 10.2. The molecule has 45 heavy (non-hydrogen) atoms. The second-order valence-electron chi connectivity index (χ2n) is 10.8. The van der Waals surface area contributed by atoms with Crippen LogP contribution in [0.3, 0.4) is 0 Å². The average Bonchev–Trinajstić information content (AvgIpc) is 3.06. The number of nitrogens with zero attached hydrogens (tertiary/aromatic N) is 2. The molecule has 0 radical (unpaired) electrons. The van der Waals surface area contributed by atoms with E-state index in [1.165, 1.54) is 22.4 Å². The van der Waals surface area contributed by atoms with Crippen molar-refractivity contribution in [3.05, 3.63) is 120 Å². The van der Waals surface area contributed by atoms with Gasteiger partial charge in [0.2, 0.25) is 15.9 Å². The van der Waals surface area contributed by atoms with Gasteiger partial charge in [0, 0.05) is 13.1 Å². The van der Waals surface area contributed by atoms with E-state index in [2.05, 4.69) is 5.32 Å². The van der Waals surface area contributed by atoms with Gasteiger partial charge in [-0.1, -0.05) is 72.8 Å². The Morgan fingerprint density at radius 3 is 2.22 bits per heavy atom. The molecule has 0 bridgehead atoms. The molecule has 0 aliphatic carbocycles. The third-order valence-corrected chi connectivity index (χ3v) is 9.57. The van der Waals surface area contributed by atoms with E-state index in [0.717, 1.165) is 11.1 Å². The number of para-hydroxylation sites is 2. The first-order valence-corrected chi connectivity index (χ1v) is 16.3. The molecular weight excluding hydrogens is 590 g/mol. The van der Waals surface area contributed by atoms with E-state index in [9.17, 15) is 18.0 Å². The van der Waals surface area contributed by atoms with Crippen LogP contribution >= 0.6 is 0 Å². The normalized spacial score (nSPS) is 14.4. The van der Waals surface area contributed by atoms with Gasteiger partial charge >= 0.3 is 0 Å². The summed E-state index contributed by atoms with van der Waals surface area (Å²) in [6.45, 7) is 1.79. The van der Waals surface area contributed by atoms with Crippen LogP contribution in [0.4, 0.5) is 5.69 Å². The van der Waals surface area contributed by atoms with Crippen molar-refractivity contribution in [2.45, 2.75) is 30.8 Å². The van der Waals surface area contributed by atoms with Crippen molar-refractivity contribution < 1.29 is 27.5 Å². The maximum Gasteiger partial charge on any atom is 0.262 e. The van der Waals surface area contributed by atoms with Gasteiger partial charge in [0.05, 0.1) is 30.8 Å². The summed E-state index contributed by atoms with van der Waals surface area (Å²) in [5.41, 5.74) is 3.18. The van der Waals surface area contributed by atoms with E-state index < -0.39 is 28.6 Å². The number of hydrogen-bond donors (Lipinski definition) is 1. The number of rotatable bonds is 12. The monoisotopic (exact) mass is 627 g/mol. The van der Waals surface area contributed by atoms with E-state index in [-0.39, 0.29) is 23.9 Å². The molecule has 5 rings (SSSR count). The number of carbonyl (C=O) groups excluding carboxylic acids is 2. The molecule has 4 aromatic carbocycles. The highest BCUT2D eigenvalue weighted by Gasteiger charge is 2.36. The molecule has 0 unspecified atom stereocenters. The van der Waals surface area contributed by atoms with Gasteiger partial charge in [-0.15, -0.1) is 0 Å². The highest BCUT2D eigenvalue weighted by atomic mass is 32.2. The van der Waals surface area contributed by atoms with E-state index in [1.807, 2.05) is 60.7 Å². The van der Waals surface area contributed by atoms with E-state index in [4.69, 9.17) is 9.47 Å². The second kappa shape index (κ2) is 14.4. The Hall–Kier alpha value is -4.67. The highest BCUT2D eigenvalue weighted by Crippen LogP contribution is 2.34. The minimum Gasteiger partial charge on any atom is -0.496 e. The summed E-state index contributed by atoms with van der Waals surface area (Å²) < 4.78 is 40.5. The maximum atomic E-state index is 14.0. The van der Waals surface area contributed by atoms with Crippen LogP contribution in [0.5, 0.6) is 11.5 Å². The summed E-state index contributed by atoms with van der Waals surface area (Å²) in [5.74, 6) is 0.138. The molecule has 0 spiro atoms. The number of aryl methyl sites for hydroxylation is 1. The number of hydrogen-bond acceptors (Lipinski definition) is 6. The maximum absolute atomic E-state index is 14.0. The van der Waals surface area contributed by atoms with Crippen molar-refractivity contribution in [2.75, 3.05) is 38.2 Å². The molecule has 10 heteroatoms. The quantitative estimate of drug-likeness (QED) is 0.250. The first-order valence-electron chi connectivity index (χ1n) is 14.8. The predicted molar refractivity (Wildman–Crippen MR) is 173 cm³/mol. The van der Waals surface area contributed by atoms with Gasteiger partial charge in [-0.25, -0.2) is 8.42 Å². The topological polar surface area (TPSA) is 105 Å². The third-order valence-electron chi connectivity index (χ3n) is 7.73. The molecule has 9 nitrogen and oxygen atoms in total. The molecule has 0 aromatic heterocycles. The number of nitrogens with one attached hydrogen (secondary N) is 1. The molecule has 1 N–H and O–H groups in total. The van der Waals surface area contributed by atoms with E-state index >= 15 is 0 Å². The zero-order valence-electron chi connectivity index (χ0n) is 25.4. The fourth-order valence-electron chi connectivity index (χ4n) is 5.28. The lowest BCUT2D eigenvalue weighted by Crippen LogP contribution is -2.53. The standard InChI is InChI=1S/C35H37N3O6S/c1-26-23-29(17-18-31(26)43-2)45(41,42)37(22-20-28-13-7-4-8-14-28)25-34(39)38-24-33(44-32-16-10-9-15-30(32)38)35(40)36-21-19-27-11-5-3-6-12-27/h3-18,23,33H,19-22,24-25H2,1-2H3,(H,36,40)/t33-/m1/s1. The molecule has 0 saturated carbocycles. The highest BCUT2D eigenvalue weighted by molar-refractivity contribution is 7.89. The summed E-state index contributed by atoms with van der Waals surface area (Å²) in [6.07, 6.45) is 0.102. The molecule has 1 aliphatic rings. The number of carbonyl (C=O) groups is 2. The first-order chi connectivity index (χ1) is 21.8. The SMILES string of the molecule is COc1ccc(S(=O)(=O)N(CCc2ccccc2)CC(=O)N2C[C@H](C(=O)NCCc3ccccc3)Oc3ccccc32)cc1C.